The van der Waals surface area contributed by atoms with Gasteiger partial charge in [0, 0.05) is 30.9 Å². The zero-order chi connectivity index (χ0) is 48.4. The Bertz CT molecular complexity index is 4910. The SMILES string of the molecule is c1ccc2c(-c3c4ccccc4c(-c4ccc5c(c4)oc4ccc(-c6ccc(-c7c8ccccc8c(-c8ccc9sc%10ccccc%10c9c8)c8ccccc78)c7ccccc67)cc45)c4ccccc34)cccc2c1. The van der Waals surface area contributed by atoms with Crippen molar-refractivity contribution in [2.75, 3.05) is 0 Å². The fraction of sp³-hybridized carbons (Fsp3) is 0. The average molecular weight is 955 g/mol. The highest BCUT2D eigenvalue weighted by Crippen LogP contribution is 2.50. The Hall–Kier alpha value is -9.34. The van der Waals surface area contributed by atoms with Crippen molar-refractivity contribution in [3.05, 3.63) is 255 Å². The highest BCUT2D eigenvalue weighted by molar-refractivity contribution is 7.25. The lowest BCUT2D eigenvalue weighted by atomic mass is 9.83. The van der Waals surface area contributed by atoms with Crippen LogP contribution < -0.4 is 0 Å². The lowest BCUT2D eigenvalue weighted by molar-refractivity contribution is 0.669. The van der Waals surface area contributed by atoms with Gasteiger partial charge in [-0.1, -0.05) is 212 Å². The van der Waals surface area contributed by atoms with Gasteiger partial charge in [-0.15, -0.1) is 11.3 Å². The number of fused-ring (bicyclic) bond motifs is 12. The third-order valence-electron chi connectivity index (χ3n) is 15.9. The van der Waals surface area contributed by atoms with Crippen LogP contribution in [0.1, 0.15) is 0 Å². The van der Waals surface area contributed by atoms with Gasteiger partial charge in [0.25, 0.3) is 0 Å². The van der Waals surface area contributed by atoms with Gasteiger partial charge in [0.1, 0.15) is 11.2 Å². The second-order valence-corrected chi connectivity index (χ2v) is 20.8. The van der Waals surface area contributed by atoms with Gasteiger partial charge in [0.2, 0.25) is 0 Å². The number of rotatable bonds is 5. The first-order valence-electron chi connectivity index (χ1n) is 25.5. The van der Waals surface area contributed by atoms with Crippen LogP contribution in [0.25, 0.3) is 162 Å². The van der Waals surface area contributed by atoms with Gasteiger partial charge in [-0.2, -0.15) is 0 Å². The van der Waals surface area contributed by atoms with E-state index in [2.05, 4.69) is 255 Å². The summed E-state index contributed by atoms with van der Waals surface area (Å²) in [6, 6.07) is 94.3. The summed E-state index contributed by atoms with van der Waals surface area (Å²) in [6.45, 7) is 0. The second kappa shape index (κ2) is 16.1. The molecule has 0 radical (unpaired) electrons. The Kier molecular flexibility index (Phi) is 8.98. The van der Waals surface area contributed by atoms with Gasteiger partial charge >= 0.3 is 0 Å². The molecule has 0 aliphatic carbocycles. The van der Waals surface area contributed by atoms with Crippen molar-refractivity contribution in [2.45, 2.75) is 0 Å². The van der Waals surface area contributed by atoms with E-state index < -0.39 is 0 Å². The molecule has 14 aromatic carbocycles. The molecule has 0 aliphatic rings. The molecule has 16 aromatic rings. The standard InChI is InChI=1S/C72H42OS/c1-2-18-47-43(16-1)17-15-30-53(47)71-58-26-9-7-24-56(58)70(57-25-8-10-27-59(57)71)46-32-35-51-63-40-44(33-38-65(63)73-66(51)42-46)48-36-37-62(50-20-4-3-19-49(48)50)72-60-28-11-5-22-54(60)69(55-23-6-12-29-61(55)72)45-34-39-68-64(41-45)52-21-13-14-31-67(52)74-68/h1-42H. The van der Waals surface area contributed by atoms with Crippen LogP contribution in [0.3, 0.4) is 0 Å². The molecule has 0 atom stereocenters. The number of benzene rings is 14. The molecule has 16 rings (SSSR count). The van der Waals surface area contributed by atoms with Crippen LogP contribution in [-0.2, 0) is 0 Å². The van der Waals surface area contributed by atoms with Crippen LogP contribution in [0, 0.1) is 0 Å². The first kappa shape index (κ1) is 41.3. The smallest absolute Gasteiger partial charge is 0.136 e. The molecule has 0 saturated carbocycles. The average Bonchev–Trinajstić information content (AvgIpc) is 4.03. The minimum absolute atomic E-state index is 0.881. The van der Waals surface area contributed by atoms with Crippen molar-refractivity contribution in [1.82, 2.24) is 0 Å². The molecule has 2 heterocycles. The molecular weight excluding hydrogens is 913 g/mol. The van der Waals surface area contributed by atoms with E-state index in [1.165, 1.54) is 129 Å². The highest BCUT2D eigenvalue weighted by atomic mass is 32.1. The van der Waals surface area contributed by atoms with E-state index in [0.717, 1.165) is 33.1 Å². The zero-order valence-electron chi connectivity index (χ0n) is 40.1. The van der Waals surface area contributed by atoms with E-state index in [-0.39, 0.29) is 0 Å². The van der Waals surface area contributed by atoms with Crippen LogP contribution in [0.15, 0.2) is 259 Å². The molecule has 0 spiro atoms. The van der Waals surface area contributed by atoms with Crippen LogP contribution in [-0.4, -0.2) is 0 Å². The molecule has 342 valence electrons. The Labute approximate surface area is 430 Å². The van der Waals surface area contributed by atoms with Crippen molar-refractivity contribution in [3.8, 4) is 55.6 Å². The molecule has 0 bridgehead atoms. The number of hydrogen-bond donors (Lipinski definition) is 0. The van der Waals surface area contributed by atoms with E-state index in [1.54, 1.807) is 0 Å². The maximum atomic E-state index is 6.79. The monoisotopic (exact) mass is 954 g/mol. The van der Waals surface area contributed by atoms with E-state index in [0.29, 0.717) is 0 Å². The summed E-state index contributed by atoms with van der Waals surface area (Å²) < 4.78 is 9.44. The molecule has 0 fully saturated rings. The Balaban J connectivity index is 0.837. The number of furan rings is 1. The van der Waals surface area contributed by atoms with E-state index >= 15 is 0 Å². The molecule has 0 unspecified atom stereocenters. The third-order valence-corrected chi connectivity index (χ3v) is 17.0. The minimum atomic E-state index is 0.881. The van der Waals surface area contributed by atoms with Crippen LogP contribution in [0.4, 0.5) is 0 Å². The Morgan fingerprint density at radius 3 is 1.28 bits per heavy atom. The van der Waals surface area contributed by atoms with Crippen molar-refractivity contribution in [1.29, 1.82) is 0 Å². The predicted molar refractivity (Wildman–Crippen MR) is 319 cm³/mol. The molecule has 74 heavy (non-hydrogen) atoms. The molecule has 1 nitrogen and oxygen atoms in total. The second-order valence-electron chi connectivity index (χ2n) is 19.7. The van der Waals surface area contributed by atoms with Crippen molar-refractivity contribution in [2.24, 2.45) is 0 Å². The molecule has 2 heteroatoms. The lowest BCUT2D eigenvalue weighted by Gasteiger charge is -2.20. The molecule has 0 aliphatic heterocycles. The maximum absolute atomic E-state index is 6.79. The number of hydrogen-bond acceptors (Lipinski definition) is 2. The Morgan fingerprint density at radius 1 is 0.216 bits per heavy atom. The fourth-order valence-corrected chi connectivity index (χ4v) is 13.7. The van der Waals surface area contributed by atoms with Gasteiger partial charge < -0.3 is 4.42 Å². The summed E-state index contributed by atoms with van der Waals surface area (Å²) in [7, 11) is 0. The third kappa shape index (κ3) is 6.10. The summed E-state index contributed by atoms with van der Waals surface area (Å²) in [5.41, 5.74) is 14.0. The Morgan fingerprint density at radius 2 is 0.649 bits per heavy atom. The molecule has 2 aromatic heterocycles. The van der Waals surface area contributed by atoms with Crippen molar-refractivity contribution in [3.63, 3.8) is 0 Å². The maximum Gasteiger partial charge on any atom is 0.136 e. The normalized spacial score (nSPS) is 12.1. The van der Waals surface area contributed by atoms with Crippen LogP contribution >= 0.6 is 11.3 Å². The quantitative estimate of drug-likeness (QED) is 0.157. The summed E-state index contributed by atoms with van der Waals surface area (Å²) in [6.07, 6.45) is 0. The topological polar surface area (TPSA) is 13.1 Å². The predicted octanol–water partition coefficient (Wildman–Crippen LogP) is 21.2. The minimum Gasteiger partial charge on any atom is -0.456 e. The molecule has 0 N–H and O–H groups in total. The van der Waals surface area contributed by atoms with Crippen LogP contribution in [0.2, 0.25) is 0 Å². The zero-order valence-corrected chi connectivity index (χ0v) is 40.9. The van der Waals surface area contributed by atoms with Crippen molar-refractivity contribution >= 4 is 118 Å². The summed E-state index contributed by atoms with van der Waals surface area (Å²) in [5, 5.41) is 19.8. The van der Waals surface area contributed by atoms with Gasteiger partial charge in [-0.25, -0.2) is 0 Å². The first-order chi connectivity index (χ1) is 36.7. The molecular formula is C72H42OS. The van der Waals surface area contributed by atoms with E-state index in [4.69, 9.17) is 4.42 Å². The summed E-state index contributed by atoms with van der Waals surface area (Å²) in [5.74, 6) is 0. The van der Waals surface area contributed by atoms with Crippen molar-refractivity contribution < 1.29 is 4.42 Å². The summed E-state index contributed by atoms with van der Waals surface area (Å²) in [4.78, 5) is 0. The first-order valence-corrected chi connectivity index (χ1v) is 26.3. The molecule has 0 amide bonds. The van der Waals surface area contributed by atoms with E-state index in [9.17, 15) is 0 Å². The van der Waals surface area contributed by atoms with E-state index in [1.807, 2.05) is 11.3 Å². The largest absolute Gasteiger partial charge is 0.456 e. The lowest BCUT2D eigenvalue weighted by Crippen LogP contribution is -1.92. The fourth-order valence-electron chi connectivity index (χ4n) is 12.7. The highest BCUT2D eigenvalue weighted by Gasteiger charge is 2.22. The van der Waals surface area contributed by atoms with Gasteiger partial charge in [-0.3, -0.25) is 0 Å². The summed E-state index contributed by atoms with van der Waals surface area (Å²) >= 11 is 1.87. The van der Waals surface area contributed by atoms with Gasteiger partial charge in [0.05, 0.1) is 0 Å². The van der Waals surface area contributed by atoms with Gasteiger partial charge in [0.15, 0.2) is 0 Å². The number of thiophene rings is 1. The van der Waals surface area contributed by atoms with Crippen LogP contribution in [0.5, 0.6) is 0 Å². The molecule has 0 saturated heterocycles. The van der Waals surface area contributed by atoms with Gasteiger partial charge in [-0.05, 0) is 163 Å².